The van der Waals surface area contributed by atoms with Gasteiger partial charge in [-0.25, -0.2) is 9.18 Å². The minimum absolute atomic E-state index is 0.176. The first-order valence-electron chi connectivity index (χ1n) is 15.3. The van der Waals surface area contributed by atoms with Gasteiger partial charge in [0.1, 0.15) is 28.6 Å². The molecule has 1 fully saturated rings. The van der Waals surface area contributed by atoms with Gasteiger partial charge in [0, 0.05) is 11.4 Å². The number of unbranched alkanes of at least 4 members (excludes halogenated alkanes) is 1. The van der Waals surface area contributed by atoms with Crippen LogP contribution in [0.25, 0.3) is 0 Å². The molecule has 48 heavy (non-hydrogen) atoms. The Bertz CT molecular complexity index is 1540. The summed E-state index contributed by atoms with van der Waals surface area (Å²) in [6.45, 7) is -0.385. The van der Waals surface area contributed by atoms with E-state index in [1.807, 2.05) is 0 Å². The molecule has 0 aromatic heterocycles. The fraction of sp³-hybridized carbons (Fsp3) is 0.353. The molecule has 0 spiro atoms. The summed E-state index contributed by atoms with van der Waals surface area (Å²) >= 11 is 1.32. The van der Waals surface area contributed by atoms with Gasteiger partial charge in [-0.05, 0) is 85.5 Å². The van der Waals surface area contributed by atoms with Crippen LogP contribution < -0.4 is 30.7 Å². The Morgan fingerprint density at radius 1 is 0.979 bits per heavy atom. The summed E-state index contributed by atoms with van der Waals surface area (Å²) in [7, 11) is 1.56. The van der Waals surface area contributed by atoms with Crippen LogP contribution in [-0.4, -0.2) is 77.8 Å². The molecule has 1 aliphatic rings. The van der Waals surface area contributed by atoms with Gasteiger partial charge in [-0.15, -0.1) is 11.8 Å². The Morgan fingerprint density at radius 2 is 1.65 bits per heavy atom. The van der Waals surface area contributed by atoms with Crippen molar-refractivity contribution in [2.75, 3.05) is 37.5 Å². The minimum Gasteiger partial charge on any atom is -0.497 e. The molecular formula is C34H39FN4O8S. The number of aliphatic hydroxyl groups is 1. The van der Waals surface area contributed by atoms with Crippen molar-refractivity contribution in [1.29, 1.82) is 0 Å². The smallest absolute Gasteiger partial charge is 0.326 e. The molecule has 1 unspecified atom stereocenters. The number of nitrogens with one attached hydrogen (secondary N) is 2. The normalized spacial score (nSPS) is 16.8. The van der Waals surface area contributed by atoms with Crippen LogP contribution in [0.5, 0.6) is 11.5 Å². The third-order valence-electron chi connectivity index (χ3n) is 7.70. The van der Waals surface area contributed by atoms with Gasteiger partial charge in [0.25, 0.3) is 5.91 Å². The Balaban J connectivity index is 1.34. The zero-order valence-corrected chi connectivity index (χ0v) is 27.2. The van der Waals surface area contributed by atoms with Gasteiger partial charge in [-0.2, -0.15) is 0 Å². The minimum atomic E-state index is -1.17. The molecule has 256 valence electrons. The number of carboxylic acid groups (broad SMARTS) is 1. The number of halogens is 1. The van der Waals surface area contributed by atoms with Crippen molar-refractivity contribution in [2.45, 2.75) is 42.7 Å². The number of aliphatic carboxylic acids is 1. The monoisotopic (exact) mass is 682 g/mol. The maximum absolute atomic E-state index is 13.6. The Labute approximate surface area is 281 Å². The number of carboxylic acids is 1. The van der Waals surface area contributed by atoms with E-state index in [9.17, 15) is 33.8 Å². The highest BCUT2D eigenvalue weighted by atomic mass is 32.2. The molecule has 0 aliphatic carbocycles. The molecule has 0 saturated carbocycles. The van der Waals surface area contributed by atoms with E-state index in [4.69, 9.17) is 15.2 Å². The zero-order valence-electron chi connectivity index (χ0n) is 26.3. The number of anilines is 1. The summed E-state index contributed by atoms with van der Waals surface area (Å²) in [6, 6.07) is 18.0. The van der Waals surface area contributed by atoms with Gasteiger partial charge in [0.15, 0.2) is 6.61 Å². The van der Waals surface area contributed by atoms with Crippen LogP contribution in [0.15, 0.2) is 72.8 Å². The molecule has 0 bridgehead atoms. The van der Waals surface area contributed by atoms with E-state index < -0.39 is 60.2 Å². The summed E-state index contributed by atoms with van der Waals surface area (Å²) in [5, 5.41) is 24.4. The number of amides is 3. The largest absolute Gasteiger partial charge is 0.497 e. The molecule has 3 aromatic carbocycles. The lowest BCUT2D eigenvalue weighted by Crippen LogP contribution is -2.57. The van der Waals surface area contributed by atoms with E-state index in [2.05, 4.69) is 10.6 Å². The topological polar surface area (TPSA) is 181 Å². The number of aliphatic hydroxyl groups excluding tert-OH is 1. The first kappa shape index (κ1) is 36.2. The van der Waals surface area contributed by atoms with Gasteiger partial charge in [0.2, 0.25) is 11.8 Å². The lowest BCUT2D eigenvalue weighted by Gasteiger charge is -2.47. The van der Waals surface area contributed by atoms with Crippen LogP contribution in [0.2, 0.25) is 0 Å². The fourth-order valence-electron chi connectivity index (χ4n) is 5.09. The Kier molecular flexibility index (Phi) is 13.2. The van der Waals surface area contributed by atoms with Crippen molar-refractivity contribution in [3.05, 3.63) is 89.7 Å². The number of carbonyl (C=O) groups is 4. The number of benzene rings is 3. The lowest BCUT2D eigenvalue weighted by atomic mass is 9.92. The van der Waals surface area contributed by atoms with Crippen molar-refractivity contribution in [1.82, 2.24) is 10.6 Å². The SMILES string of the molecule is COc1ccc(C(O)CS[C@H]2C(=O)N(c3ccc(F)cc3)[C@@H]2c2ccc(OCC(=O)NCC(=O)N[C@H](CCCCN)C(=O)O)cc2)cc1. The van der Waals surface area contributed by atoms with Gasteiger partial charge >= 0.3 is 5.97 Å². The highest BCUT2D eigenvalue weighted by molar-refractivity contribution is 8.00. The average molecular weight is 683 g/mol. The number of β-lactam (4-membered cyclic amide) rings is 1. The van der Waals surface area contributed by atoms with Crippen molar-refractivity contribution in [2.24, 2.45) is 5.73 Å². The predicted octanol–water partition coefficient (Wildman–Crippen LogP) is 2.95. The summed E-state index contributed by atoms with van der Waals surface area (Å²) < 4.78 is 24.4. The van der Waals surface area contributed by atoms with E-state index in [1.165, 1.54) is 36.0 Å². The second kappa shape index (κ2) is 17.5. The Hall–Kier alpha value is -4.66. The van der Waals surface area contributed by atoms with Crippen molar-refractivity contribution in [3.8, 4) is 11.5 Å². The fourth-order valence-corrected chi connectivity index (χ4v) is 6.39. The number of thioether (sulfide) groups is 1. The molecular weight excluding hydrogens is 643 g/mol. The average Bonchev–Trinajstić information content (AvgIpc) is 3.09. The van der Waals surface area contributed by atoms with E-state index in [1.54, 1.807) is 60.5 Å². The highest BCUT2D eigenvalue weighted by Crippen LogP contribution is 2.46. The first-order chi connectivity index (χ1) is 23.1. The number of nitrogens with two attached hydrogens (primary N) is 1. The molecule has 6 N–H and O–H groups in total. The molecule has 3 aromatic rings. The van der Waals surface area contributed by atoms with Gasteiger partial charge < -0.3 is 41.0 Å². The van der Waals surface area contributed by atoms with E-state index in [0.717, 1.165) is 5.56 Å². The molecule has 3 amide bonds. The summed E-state index contributed by atoms with van der Waals surface area (Å²) in [4.78, 5) is 50.8. The van der Waals surface area contributed by atoms with Crippen LogP contribution in [0.3, 0.4) is 0 Å². The predicted molar refractivity (Wildman–Crippen MR) is 178 cm³/mol. The number of hydrogen-bond acceptors (Lipinski definition) is 9. The van der Waals surface area contributed by atoms with Crippen LogP contribution in [0, 0.1) is 5.82 Å². The summed E-state index contributed by atoms with van der Waals surface area (Å²) in [6.07, 6.45) is 0.589. The van der Waals surface area contributed by atoms with Crippen LogP contribution in [-0.2, 0) is 19.2 Å². The maximum atomic E-state index is 13.6. The second-order valence-corrected chi connectivity index (χ2v) is 12.2. The van der Waals surface area contributed by atoms with Gasteiger partial charge in [0.05, 0.1) is 25.8 Å². The van der Waals surface area contributed by atoms with Crippen molar-refractivity contribution >= 4 is 41.1 Å². The maximum Gasteiger partial charge on any atom is 0.326 e. The third kappa shape index (κ3) is 9.69. The summed E-state index contributed by atoms with van der Waals surface area (Å²) in [5.74, 6) is -1.70. The van der Waals surface area contributed by atoms with Crippen molar-refractivity contribution < 1.29 is 43.3 Å². The molecule has 1 heterocycles. The number of carbonyl (C=O) groups excluding carboxylic acids is 3. The van der Waals surface area contributed by atoms with Crippen LogP contribution >= 0.6 is 11.8 Å². The van der Waals surface area contributed by atoms with Gasteiger partial charge in [-0.1, -0.05) is 24.3 Å². The first-order valence-corrected chi connectivity index (χ1v) is 16.4. The van der Waals surface area contributed by atoms with Gasteiger partial charge in [-0.3, -0.25) is 14.4 Å². The molecule has 1 saturated heterocycles. The molecule has 4 rings (SSSR count). The number of hydrogen-bond donors (Lipinski definition) is 5. The standard InChI is InChI=1S/C34H39FN4O8S/c1-46-25-13-5-21(6-14-25)28(40)20-48-32-31(39(33(32)43)24-11-9-23(35)10-12-24)22-7-15-26(16-8-22)47-19-30(42)37-18-29(41)38-27(34(44)45)4-2-3-17-36/h5-16,27-28,31-32,40H,2-4,17-20,36H2,1H3,(H,37,42)(H,38,41)(H,44,45)/t27-,28?,31-,32-/m1/s1. The molecule has 4 atom stereocenters. The van der Waals surface area contributed by atoms with Crippen LogP contribution in [0.1, 0.15) is 42.5 Å². The molecule has 1 aliphatic heterocycles. The zero-order chi connectivity index (χ0) is 34.6. The van der Waals surface area contributed by atoms with Crippen molar-refractivity contribution in [3.63, 3.8) is 0 Å². The van der Waals surface area contributed by atoms with E-state index in [-0.39, 0.29) is 18.1 Å². The van der Waals surface area contributed by atoms with E-state index >= 15 is 0 Å². The van der Waals surface area contributed by atoms with Crippen LogP contribution in [0.4, 0.5) is 10.1 Å². The molecule has 0 radical (unpaired) electrons. The number of ether oxygens (including phenoxy) is 2. The molecule has 14 heteroatoms. The van der Waals surface area contributed by atoms with E-state index in [0.29, 0.717) is 42.1 Å². The number of nitrogens with zero attached hydrogens (tertiary/aromatic N) is 1. The Morgan fingerprint density at radius 3 is 2.27 bits per heavy atom. The molecule has 12 nitrogen and oxygen atoms in total. The third-order valence-corrected chi connectivity index (χ3v) is 9.03. The summed E-state index contributed by atoms with van der Waals surface area (Å²) in [5.41, 5.74) is 7.42. The quantitative estimate of drug-likeness (QED) is 0.0989. The second-order valence-electron chi connectivity index (χ2n) is 11.0. The number of rotatable bonds is 18. The number of methoxy groups -OCH3 is 1. The highest BCUT2D eigenvalue weighted by Gasteiger charge is 2.49. The lowest BCUT2D eigenvalue weighted by molar-refractivity contribution is -0.142.